The van der Waals surface area contributed by atoms with Crippen molar-refractivity contribution in [1.82, 2.24) is 9.88 Å². The Balaban J connectivity index is 1.67. The molecule has 1 aromatic carbocycles. The highest BCUT2D eigenvalue weighted by molar-refractivity contribution is 9.10. The maximum atomic E-state index is 12.4. The zero-order chi connectivity index (χ0) is 18.3. The van der Waals surface area contributed by atoms with Crippen LogP contribution in [0.2, 0.25) is 0 Å². The normalized spacial score (nSPS) is 16.3. The molecular weight excluding hydrogens is 392 g/mol. The van der Waals surface area contributed by atoms with Crippen LogP contribution < -0.4 is 10.2 Å². The number of rotatable bonds is 4. The van der Waals surface area contributed by atoms with Crippen LogP contribution in [0.4, 0.5) is 17.2 Å². The lowest BCUT2D eigenvalue weighted by Gasteiger charge is -2.23. The summed E-state index contributed by atoms with van der Waals surface area (Å²) in [6.45, 7) is 7.60. The highest BCUT2D eigenvalue weighted by atomic mass is 79.9. The van der Waals surface area contributed by atoms with Crippen molar-refractivity contribution in [2.45, 2.75) is 33.2 Å². The van der Waals surface area contributed by atoms with E-state index in [1.54, 1.807) is 0 Å². The molecule has 1 fully saturated rings. The molecule has 0 radical (unpaired) electrons. The van der Waals surface area contributed by atoms with Gasteiger partial charge in [-0.1, -0.05) is 22.0 Å². The molecule has 1 saturated heterocycles. The van der Waals surface area contributed by atoms with Crippen molar-refractivity contribution in [3.63, 3.8) is 0 Å². The summed E-state index contributed by atoms with van der Waals surface area (Å²) in [4.78, 5) is 21.3. The third kappa shape index (κ3) is 3.07. The number of amides is 1. The molecule has 5 nitrogen and oxygen atoms in total. The molecular formula is C20H23BrN4O. The molecule has 0 bridgehead atoms. The highest BCUT2D eigenvalue weighted by Gasteiger charge is 2.28. The van der Waals surface area contributed by atoms with Crippen LogP contribution in [0.25, 0.3) is 0 Å². The summed E-state index contributed by atoms with van der Waals surface area (Å²) >= 11 is 3.66. The van der Waals surface area contributed by atoms with E-state index < -0.39 is 0 Å². The number of nitrogens with zero attached hydrogens (tertiary/aromatic N) is 3. The lowest BCUT2D eigenvalue weighted by molar-refractivity contribution is 0.0783. The lowest BCUT2D eigenvalue weighted by atomic mass is 10.1. The third-order valence-corrected chi connectivity index (χ3v) is 6.05. The standard InChI is InChI=1S/C20H23BrN4O/c1-3-24-12-14-6-7-18(23-19(14)20(24)26)22-16-10-13(2)15(21)11-17(16)25-8-4-5-9-25/h6-7,10-11H,3-5,8-9,12H2,1-2H3,(H,22,23). The summed E-state index contributed by atoms with van der Waals surface area (Å²) in [7, 11) is 0. The van der Waals surface area contributed by atoms with Gasteiger partial charge in [0.2, 0.25) is 0 Å². The van der Waals surface area contributed by atoms with Gasteiger partial charge >= 0.3 is 0 Å². The van der Waals surface area contributed by atoms with Crippen LogP contribution in [0.15, 0.2) is 28.7 Å². The number of carbonyl (C=O) groups is 1. The Morgan fingerprint density at radius 3 is 2.73 bits per heavy atom. The van der Waals surface area contributed by atoms with E-state index in [-0.39, 0.29) is 5.91 Å². The van der Waals surface area contributed by atoms with Gasteiger partial charge in [0.15, 0.2) is 0 Å². The second kappa shape index (κ2) is 6.91. The number of pyridine rings is 1. The van der Waals surface area contributed by atoms with E-state index in [1.807, 2.05) is 24.0 Å². The Hall–Kier alpha value is -2.08. The Bertz CT molecular complexity index is 861. The zero-order valence-corrected chi connectivity index (χ0v) is 16.8. The average Bonchev–Trinajstić information content (AvgIpc) is 3.26. The molecule has 1 aromatic heterocycles. The van der Waals surface area contributed by atoms with Gasteiger partial charge in [-0.2, -0.15) is 0 Å². The molecule has 2 aliphatic rings. The molecule has 2 aromatic rings. The maximum absolute atomic E-state index is 12.4. The van der Waals surface area contributed by atoms with Crippen LogP contribution in [0.1, 0.15) is 41.4 Å². The van der Waals surface area contributed by atoms with Gasteiger partial charge in [0, 0.05) is 36.2 Å². The fourth-order valence-corrected chi connectivity index (χ4v) is 4.01. The van der Waals surface area contributed by atoms with Crippen LogP contribution in [0.5, 0.6) is 0 Å². The number of carbonyl (C=O) groups excluding carboxylic acids is 1. The third-order valence-electron chi connectivity index (χ3n) is 5.20. The van der Waals surface area contributed by atoms with E-state index in [2.05, 4.69) is 50.2 Å². The van der Waals surface area contributed by atoms with Gasteiger partial charge in [0.1, 0.15) is 11.5 Å². The number of halogens is 1. The van der Waals surface area contributed by atoms with Crippen molar-refractivity contribution in [3.8, 4) is 0 Å². The number of benzene rings is 1. The van der Waals surface area contributed by atoms with Gasteiger partial charge < -0.3 is 15.1 Å². The number of anilines is 3. The number of hydrogen-bond acceptors (Lipinski definition) is 4. The topological polar surface area (TPSA) is 48.5 Å². The molecule has 2 aliphatic heterocycles. The summed E-state index contributed by atoms with van der Waals surface area (Å²) in [6.07, 6.45) is 2.45. The molecule has 1 amide bonds. The second-order valence-corrected chi connectivity index (χ2v) is 7.82. The molecule has 1 N–H and O–H groups in total. The van der Waals surface area contributed by atoms with Crippen molar-refractivity contribution >= 4 is 39.0 Å². The predicted molar refractivity (Wildman–Crippen MR) is 108 cm³/mol. The quantitative estimate of drug-likeness (QED) is 0.801. The molecule has 6 heteroatoms. The van der Waals surface area contributed by atoms with Gasteiger partial charge in [-0.15, -0.1) is 0 Å². The number of aromatic nitrogens is 1. The molecule has 3 heterocycles. The molecule has 0 aliphatic carbocycles. The lowest BCUT2D eigenvalue weighted by Crippen LogP contribution is -2.23. The fraction of sp³-hybridized carbons (Fsp3) is 0.400. The van der Waals surface area contributed by atoms with Crippen molar-refractivity contribution in [3.05, 3.63) is 45.6 Å². The first-order chi connectivity index (χ1) is 12.6. The maximum Gasteiger partial charge on any atom is 0.273 e. The van der Waals surface area contributed by atoms with E-state index >= 15 is 0 Å². The molecule has 26 heavy (non-hydrogen) atoms. The molecule has 0 unspecified atom stereocenters. The Labute approximate surface area is 162 Å². The van der Waals surface area contributed by atoms with Crippen molar-refractivity contribution in [1.29, 1.82) is 0 Å². The fourth-order valence-electron chi connectivity index (χ4n) is 3.68. The van der Waals surface area contributed by atoms with Crippen LogP contribution in [0.3, 0.4) is 0 Å². The first-order valence-corrected chi connectivity index (χ1v) is 9.97. The molecule has 0 atom stereocenters. The molecule has 0 saturated carbocycles. The second-order valence-electron chi connectivity index (χ2n) is 6.96. The Morgan fingerprint density at radius 1 is 1.23 bits per heavy atom. The van der Waals surface area contributed by atoms with Crippen molar-refractivity contribution < 1.29 is 4.79 Å². The van der Waals surface area contributed by atoms with E-state index in [0.717, 1.165) is 34.6 Å². The van der Waals surface area contributed by atoms with Gasteiger partial charge in [-0.25, -0.2) is 4.98 Å². The van der Waals surface area contributed by atoms with E-state index in [1.165, 1.54) is 24.1 Å². The summed E-state index contributed by atoms with van der Waals surface area (Å²) in [5, 5.41) is 3.46. The van der Waals surface area contributed by atoms with Crippen LogP contribution in [0, 0.1) is 6.92 Å². The van der Waals surface area contributed by atoms with Crippen LogP contribution >= 0.6 is 15.9 Å². The number of hydrogen-bond donors (Lipinski definition) is 1. The number of aryl methyl sites for hydroxylation is 1. The summed E-state index contributed by atoms with van der Waals surface area (Å²) < 4.78 is 1.11. The summed E-state index contributed by atoms with van der Waals surface area (Å²) in [6, 6.07) is 8.31. The van der Waals surface area contributed by atoms with Crippen LogP contribution in [-0.4, -0.2) is 35.4 Å². The van der Waals surface area contributed by atoms with Gasteiger partial charge in [-0.05, 0) is 50.5 Å². The van der Waals surface area contributed by atoms with Gasteiger partial charge in [0.05, 0.1) is 11.4 Å². The first-order valence-electron chi connectivity index (χ1n) is 9.18. The van der Waals surface area contributed by atoms with Gasteiger partial charge in [0.25, 0.3) is 5.91 Å². The van der Waals surface area contributed by atoms with Crippen molar-refractivity contribution in [2.24, 2.45) is 0 Å². The number of nitrogens with one attached hydrogen (secondary N) is 1. The monoisotopic (exact) mass is 414 g/mol. The molecule has 0 spiro atoms. The zero-order valence-electron chi connectivity index (χ0n) is 15.2. The number of fused-ring (bicyclic) bond motifs is 1. The molecule has 136 valence electrons. The average molecular weight is 415 g/mol. The summed E-state index contributed by atoms with van der Waals surface area (Å²) in [5.41, 5.74) is 4.98. The Morgan fingerprint density at radius 2 is 2.00 bits per heavy atom. The van der Waals surface area contributed by atoms with E-state index in [9.17, 15) is 4.79 Å². The van der Waals surface area contributed by atoms with Crippen molar-refractivity contribution in [2.75, 3.05) is 29.9 Å². The minimum absolute atomic E-state index is 0.0258. The Kier molecular flexibility index (Phi) is 4.61. The highest BCUT2D eigenvalue weighted by Crippen LogP contribution is 2.36. The largest absolute Gasteiger partial charge is 0.370 e. The van der Waals surface area contributed by atoms with Crippen LogP contribution in [-0.2, 0) is 6.54 Å². The minimum Gasteiger partial charge on any atom is -0.370 e. The molecule has 4 rings (SSSR count). The first kappa shape index (κ1) is 17.3. The van der Waals surface area contributed by atoms with E-state index in [4.69, 9.17) is 0 Å². The minimum atomic E-state index is 0.0258. The predicted octanol–water partition coefficient (Wildman–Crippen LogP) is 4.47. The van der Waals surface area contributed by atoms with Gasteiger partial charge in [-0.3, -0.25) is 4.79 Å². The van der Waals surface area contributed by atoms with E-state index in [0.29, 0.717) is 18.8 Å². The summed E-state index contributed by atoms with van der Waals surface area (Å²) in [5.74, 6) is 0.745. The smallest absolute Gasteiger partial charge is 0.273 e. The SMILES string of the molecule is CCN1Cc2ccc(Nc3cc(C)c(Br)cc3N3CCCC3)nc2C1=O.